The Balaban J connectivity index is 3.86. The van der Waals surface area contributed by atoms with Crippen molar-refractivity contribution in [3.05, 3.63) is 0 Å². The van der Waals surface area contributed by atoms with Crippen molar-refractivity contribution in [2.24, 2.45) is 0 Å². The monoisotopic (exact) mass is 174 g/mol. The van der Waals surface area contributed by atoms with Crippen molar-refractivity contribution in [3.63, 3.8) is 0 Å². The molecule has 5 nitrogen and oxygen atoms in total. The zero-order valence-corrected chi connectivity index (χ0v) is 8.38. The van der Waals surface area contributed by atoms with Crippen LogP contribution in [0.4, 0.5) is 4.79 Å². The Morgan fingerprint density at radius 1 is 1.33 bits per heavy atom. The lowest BCUT2D eigenvalue weighted by Gasteiger charge is -2.31. The van der Waals surface area contributed by atoms with Crippen molar-refractivity contribution in [1.82, 2.24) is 20.9 Å². The fourth-order valence-electron chi connectivity index (χ4n) is 0.628. The van der Waals surface area contributed by atoms with E-state index in [2.05, 4.69) is 10.7 Å². The molecule has 2 amide bonds. The van der Waals surface area contributed by atoms with E-state index in [-0.39, 0.29) is 6.03 Å². The van der Waals surface area contributed by atoms with Crippen molar-refractivity contribution in [2.75, 3.05) is 21.1 Å². The molecule has 0 saturated heterocycles. The molecule has 0 aromatic rings. The van der Waals surface area contributed by atoms with Gasteiger partial charge in [-0.15, -0.1) is 0 Å². The van der Waals surface area contributed by atoms with Gasteiger partial charge < -0.3 is 5.32 Å². The summed E-state index contributed by atoms with van der Waals surface area (Å²) >= 11 is 0. The topological polar surface area (TPSA) is 47.6 Å². The van der Waals surface area contributed by atoms with Crippen LogP contribution in [0, 0.1) is 0 Å². The van der Waals surface area contributed by atoms with Crippen LogP contribution in [-0.2, 0) is 0 Å². The lowest BCUT2D eigenvalue weighted by Crippen LogP contribution is -2.53. The molecule has 2 N–H and O–H groups in total. The second-order valence-corrected chi connectivity index (χ2v) is 2.88. The highest BCUT2D eigenvalue weighted by atomic mass is 16.2. The highest BCUT2D eigenvalue weighted by Crippen LogP contribution is 1.94. The number of nitrogens with one attached hydrogen (secondary N) is 2. The van der Waals surface area contributed by atoms with E-state index in [4.69, 9.17) is 0 Å². The highest BCUT2D eigenvalue weighted by Gasteiger charge is 2.10. The lowest BCUT2D eigenvalue weighted by atomic mass is 10.4. The van der Waals surface area contributed by atoms with Crippen LogP contribution in [-0.4, -0.2) is 43.3 Å². The van der Waals surface area contributed by atoms with Gasteiger partial charge in [-0.05, 0) is 13.8 Å². The summed E-state index contributed by atoms with van der Waals surface area (Å²) in [5.74, 6) is 0. The van der Waals surface area contributed by atoms with Gasteiger partial charge in [0.25, 0.3) is 0 Å². The maximum Gasteiger partial charge on any atom is 0.330 e. The molecule has 0 unspecified atom stereocenters. The minimum Gasteiger partial charge on any atom is -0.340 e. The molecule has 0 rings (SSSR count). The van der Waals surface area contributed by atoms with E-state index < -0.39 is 0 Å². The van der Waals surface area contributed by atoms with Gasteiger partial charge in [0.15, 0.2) is 0 Å². The van der Waals surface area contributed by atoms with Crippen LogP contribution < -0.4 is 10.7 Å². The fourth-order valence-corrected chi connectivity index (χ4v) is 0.628. The minimum absolute atomic E-state index is 0.218. The largest absolute Gasteiger partial charge is 0.340 e. The first-order valence-corrected chi connectivity index (χ1v) is 3.94. The molecule has 0 atom stereocenters. The summed E-state index contributed by atoms with van der Waals surface area (Å²) in [6.07, 6.45) is 0. The van der Waals surface area contributed by atoms with E-state index in [9.17, 15) is 4.79 Å². The summed E-state index contributed by atoms with van der Waals surface area (Å²) in [7, 11) is 5.27. The first kappa shape index (κ1) is 11.2. The zero-order chi connectivity index (χ0) is 9.72. The van der Waals surface area contributed by atoms with Crippen LogP contribution in [0.25, 0.3) is 0 Å². The van der Waals surface area contributed by atoms with E-state index in [1.165, 1.54) is 0 Å². The van der Waals surface area contributed by atoms with Crippen LogP contribution in [0.15, 0.2) is 0 Å². The predicted octanol–water partition coefficient (Wildman–Crippen LogP) is 0.0174. The zero-order valence-electron chi connectivity index (χ0n) is 8.38. The quantitative estimate of drug-likeness (QED) is 0.593. The van der Waals surface area contributed by atoms with Gasteiger partial charge in [-0.2, -0.15) is 5.12 Å². The number of hydrazine groups is 2. The molecule has 5 heteroatoms. The van der Waals surface area contributed by atoms with E-state index in [0.717, 1.165) is 0 Å². The Bertz CT molecular complexity index is 148. The number of carbonyl (C=O) groups excluding carboxylic acids is 1. The lowest BCUT2D eigenvalue weighted by molar-refractivity contribution is -0.0336. The van der Waals surface area contributed by atoms with Crippen LogP contribution in [0.5, 0.6) is 0 Å². The SMILES string of the molecule is CNC(=O)NN(C)N(C)C(C)C. The van der Waals surface area contributed by atoms with Crippen LogP contribution >= 0.6 is 0 Å². The first-order chi connectivity index (χ1) is 5.49. The number of urea groups is 1. The molecule has 0 saturated carbocycles. The average molecular weight is 174 g/mol. The van der Waals surface area contributed by atoms with E-state index in [1.54, 1.807) is 19.2 Å². The Kier molecular flexibility index (Phi) is 4.61. The standard InChI is InChI=1S/C7H18N4O/c1-6(2)10(4)11(5)9-7(12)8-3/h6H,1-5H3,(H2,8,9,12). The van der Waals surface area contributed by atoms with Gasteiger partial charge in [-0.3, -0.25) is 5.43 Å². The summed E-state index contributed by atoms with van der Waals surface area (Å²) in [6, 6.07) is 0.136. The summed E-state index contributed by atoms with van der Waals surface area (Å²) in [6.45, 7) is 4.09. The fraction of sp³-hybridized carbons (Fsp3) is 0.857. The number of rotatable bonds is 3. The molecule has 72 valence electrons. The maximum absolute atomic E-state index is 10.9. The Hall–Kier alpha value is -0.810. The number of carbonyl (C=O) groups is 1. The third-order valence-electron chi connectivity index (χ3n) is 1.71. The predicted molar refractivity (Wildman–Crippen MR) is 48.3 cm³/mol. The highest BCUT2D eigenvalue weighted by molar-refractivity contribution is 5.72. The molecule has 0 bridgehead atoms. The molecule has 0 heterocycles. The summed E-state index contributed by atoms with van der Waals surface area (Å²) in [5.41, 5.74) is 2.62. The third-order valence-corrected chi connectivity index (χ3v) is 1.71. The minimum atomic E-state index is -0.218. The summed E-state index contributed by atoms with van der Waals surface area (Å²) in [4.78, 5) is 10.9. The van der Waals surface area contributed by atoms with Gasteiger partial charge in [-0.25, -0.2) is 9.80 Å². The number of amides is 2. The summed E-state index contributed by atoms with van der Waals surface area (Å²) < 4.78 is 0. The van der Waals surface area contributed by atoms with E-state index in [1.807, 2.05) is 25.9 Å². The maximum atomic E-state index is 10.9. The molecule has 0 aromatic heterocycles. The third kappa shape index (κ3) is 3.54. The number of hydrogen-bond acceptors (Lipinski definition) is 3. The van der Waals surface area contributed by atoms with E-state index in [0.29, 0.717) is 6.04 Å². The molecule has 0 fully saturated rings. The molecule has 0 spiro atoms. The van der Waals surface area contributed by atoms with Crippen molar-refractivity contribution < 1.29 is 4.79 Å². The van der Waals surface area contributed by atoms with Crippen molar-refractivity contribution >= 4 is 6.03 Å². The molecule has 0 radical (unpaired) electrons. The normalized spacial score (nSPS) is 11.0. The molecule has 0 aliphatic rings. The van der Waals surface area contributed by atoms with Gasteiger partial charge >= 0.3 is 6.03 Å². The number of nitrogens with zero attached hydrogens (tertiary/aromatic N) is 2. The molecular weight excluding hydrogens is 156 g/mol. The van der Waals surface area contributed by atoms with Crippen LogP contribution in [0.2, 0.25) is 0 Å². The Morgan fingerprint density at radius 3 is 2.17 bits per heavy atom. The molecular formula is C7H18N4O. The van der Waals surface area contributed by atoms with Crippen molar-refractivity contribution in [2.45, 2.75) is 19.9 Å². The number of hydrogen-bond donors (Lipinski definition) is 2. The van der Waals surface area contributed by atoms with Crippen LogP contribution in [0.3, 0.4) is 0 Å². The summed E-state index contributed by atoms with van der Waals surface area (Å²) in [5, 5.41) is 6.03. The average Bonchev–Trinajstić information content (AvgIpc) is 2.02. The molecule has 0 aromatic carbocycles. The van der Waals surface area contributed by atoms with Gasteiger partial charge in [0.05, 0.1) is 0 Å². The Morgan fingerprint density at radius 2 is 1.83 bits per heavy atom. The van der Waals surface area contributed by atoms with Crippen LogP contribution in [0.1, 0.15) is 13.8 Å². The van der Waals surface area contributed by atoms with Gasteiger partial charge in [-0.1, -0.05) is 0 Å². The van der Waals surface area contributed by atoms with Gasteiger partial charge in [0.2, 0.25) is 0 Å². The second kappa shape index (κ2) is 4.95. The van der Waals surface area contributed by atoms with E-state index >= 15 is 0 Å². The second-order valence-electron chi connectivity index (χ2n) is 2.88. The smallest absolute Gasteiger partial charge is 0.330 e. The molecule has 0 aliphatic heterocycles. The first-order valence-electron chi connectivity index (χ1n) is 3.94. The Labute approximate surface area is 73.7 Å². The van der Waals surface area contributed by atoms with Crippen molar-refractivity contribution in [1.29, 1.82) is 0 Å². The molecule has 0 aliphatic carbocycles. The van der Waals surface area contributed by atoms with Gasteiger partial charge in [0, 0.05) is 27.2 Å². The van der Waals surface area contributed by atoms with Crippen molar-refractivity contribution in [3.8, 4) is 0 Å². The van der Waals surface area contributed by atoms with Gasteiger partial charge in [0.1, 0.15) is 0 Å². The molecule has 12 heavy (non-hydrogen) atoms.